The van der Waals surface area contributed by atoms with E-state index in [9.17, 15) is 4.79 Å². The van der Waals surface area contributed by atoms with Crippen molar-refractivity contribution in [3.63, 3.8) is 0 Å². The minimum Gasteiger partial charge on any atom is -0.380 e. The summed E-state index contributed by atoms with van der Waals surface area (Å²) in [5.41, 5.74) is 0. The van der Waals surface area contributed by atoms with Crippen LogP contribution in [0.1, 0.15) is 26.7 Å². The molecule has 0 bridgehead atoms. The fourth-order valence-corrected chi connectivity index (χ4v) is 1.81. The molecule has 0 saturated carbocycles. The minimum atomic E-state index is -0.0612. The zero-order valence-corrected chi connectivity index (χ0v) is 10.1. The molecule has 0 aliphatic carbocycles. The van der Waals surface area contributed by atoms with E-state index in [1.807, 2.05) is 11.9 Å². The number of amides is 1. The van der Waals surface area contributed by atoms with Crippen LogP contribution in [0.3, 0.4) is 0 Å². The number of carbonyl (C=O) groups excluding carboxylic acids is 1. The summed E-state index contributed by atoms with van der Waals surface area (Å²) in [6.45, 7) is 4.94. The van der Waals surface area contributed by atoms with Crippen LogP contribution in [0, 0.1) is 0 Å². The summed E-state index contributed by atoms with van der Waals surface area (Å²) in [6.07, 6.45) is 1.96. The molecule has 15 heavy (non-hydrogen) atoms. The quantitative estimate of drug-likeness (QED) is 0.746. The lowest BCUT2D eigenvalue weighted by molar-refractivity contribution is -0.133. The Morgan fingerprint density at radius 2 is 2.33 bits per heavy atom. The van der Waals surface area contributed by atoms with Gasteiger partial charge in [0.2, 0.25) is 5.91 Å². The van der Waals surface area contributed by atoms with Gasteiger partial charge in [-0.15, -0.1) is 0 Å². The maximum absolute atomic E-state index is 12.0. The predicted molar refractivity (Wildman–Crippen MR) is 59.7 cm³/mol. The zero-order valence-electron chi connectivity index (χ0n) is 10.1. The standard InChI is InChI=1S/C11H22N2O2/c1-5-8(2)13(3)11(14)10-6-9(15-4)7-12-10/h8-10,12H,5-7H2,1-4H3. The van der Waals surface area contributed by atoms with Crippen molar-refractivity contribution in [2.24, 2.45) is 0 Å². The van der Waals surface area contributed by atoms with Crippen molar-refractivity contribution < 1.29 is 9.53 Å². The third kappa shape index (κ3) is 2.92. The fourth-order valence-electron chi connectivity index (χ4n) is 1.81. The van der Waals surface area contributed by atoms with Crippen LogP contribution >= 0.6 is 0 Å². The molecule has 88 valence electrons. The Bertz CT molecular complexity index is 221. The van der Waals surface area contributed by atoms with Crippen LogP contribution in [-0.4, -0.2) is 49.7 Å². The summed E-state index contributed by atoms with van der Waals surface area (Å²) >= 11 is 0. The van der Waals surface area contributed by atoms with Gasteiger partial charge in [0.05, 0.1) is 12.1 Å². The van der Waals surface area contributed by atoms with Crippen molar-refractivity contribution in [1.82, 2.24) is 10.2 Å². The predicted octanol–water partition coefficient (Wildman–Crippen LogP) is 0.620. The van der Waals surface area contributed by atoms with Crippen molar-refractivity contribution in [2.75, 3.05) is 20.7 Å². The number of hydrogen-bond acceptors (Lipinski definition) is 3. The Balaban J connectivity index is 2.47. The van der Waals surface area contributed by atoms with E-state index in [1.165, 1.54) is 0 Å². The SMILES string of the molecule is CCC(C)N(C)C(=O)C1CC(OC)CN1. The van der Waals surface area contributed by atoms with E-state index < -0.39 is 0 Å². The van der Waals surface area contributed by atoms with Crippen LogP contribution in [0.2, 0.25) is 0 Å². The number of ether oxygens (including phenoxy) is 1. The van der Waals surface area contributed by atoms with Crippen LogP contribution in [0.4, 0.5) is 0 Å². The second kappa shape index (κ2) is 5.47. The van der Waals surface area contributed by atoms with Gasteiger partial charge in [-0.2, -0.15) is 0 Å². The Morgan fingerprint density at radius 3 is 2.80 bits per heavy atom. The van der Waals surface area contributed by atoms with Crippen LogP contribution < -0.4 is 5.32 Å². The largest absolute Gasteiger partial charge is 0.380 e. The van der Waals surface area contributed by atoms with E-state index in [-0.39, 0.29) is 18.1 Å². The van der Waals surface area contributed by atoms with E-state index >= 15 is 0 Å². The first kappa shape index (κ1) is 12.5. The average Bonchev–Trinajstić information content (AvgIpc) is 2.74. The minimum absolute atomic E-state index is 0.0612. The van der Waals surface area contributed by atoms with E-state index in [1.54, 1.807) is 7.11 Å². The normalized spacial score (nSPS) is 27.7. The van der Waals surface area contributed by atoms with Crippen molar-refractivity contribution >= 4 is 5.91 Å². The molecule has 3 atom stereocenters. The molecule has 1 aliphatic heterocycles. The highest BCUT2D eigenvalue weighted by molar-refractivity contribution is 5.82. The molecule has 0 radical (unpaired) electrons. The molecule has 4 heteroatoms. The molecule has 3 unspecified atom stereocenters. The maximum atomic E-state index is 12.0. The van der Waals surface area contributed by atoms with Crippen molar-refractivity contribution in [3.8, 4) is 0 Å². The highest BCUT2D eigenvalue weighted by Crippen LogP contribution is 2.13. The Labute approximate surface area is 92.0 Å². The zero-order chi connectivity index (χ0) is 11.4. The van der Waals surface area contributed by atoms with Gasteiger partial charge < -0.3 is 15.0 Å². The van der Waals surface area contributed by atoms with E-state index in [0.717, 1.165) is 19.4 Å². The van der Waals surface area contributed by atoms with Crippen molar-refractivity contribution in [2.45, 2.75) is 44.9 Å². The van der Waals surface area contributed by atoms with Crippen LogP contribution in [0.15, 0.2) is 0 Å². The van der Waals surface area contributed by atoms with Crippen LogP contribution in [0.25, 0.3) is 0 Å². The van der Waals surface area contributed by atoms with Crippen molar-refractivity contribution in [1.29, 1.82) is 0 Å². The molecule has 1 amide bonds. The summed E-state index contributed by atoms with van der Waals surface area (Å²) in [4.78, 5) is 13.8. The smallest absolute Gasteiger partial charge is 0.239 e. The molecule has 4 nitrogen and oxygen atoms in total. The molecule has 1 rings (SSSR count). The first-order valence-corrected chi connectivity index (χ1v) is 5.63. The third-order valence-corrected chi connectivity index (χ3v) is 3.32. The lowest BCUT2D eigenvalue weighted by Gasteiger charge is -2.26. The van der Waals surface area contributed by atoms with Crippen LogP contribution in [0.5, 0.6) is 0 Å². The molecule has 1 N–H and O–H groups in total. The number of carbonyl (C=O) groups is 1. The van der Waals surface area contributed by atoms with Crippen molar-refractivity contribution in [3.05, 3.63) is 0 Å². The number of likely N-dealkylation sites (N-methyl/N-ethyl adjacent to an activating group) is 1. The topological polar surface area (TPSA) is 41.6 Å². The average molecular weight is 214 g/mol. The van der Waals surface area contributed by atoms with E-state index in [2.05, 4.69) is 19.2 Å². The molecule has 0 spiro atoms. The molecule has 0 aromatic heterocycles. The summed E-state index contributed by atoms with van der Waals surface area (Å²) in [6, 6.07) is 0.245. The van der Waals surface area contributed by atoms with Gasteiger partial charge in [-0.25, -0.2) is 0 Å². The second-order valence-corrected chi connectivity index (χ2v) is 4.26. The van der Waals surface area contributed by atoms with Gasteiger partial charge >= 0.3 is 0 Å². The molecule has 1 saturated heterocycles. The van der Waals surface area contributed by atoms with Gasteiger partial charge in [0.15, 0.2) is 0 Å². The Hall–Kier alpha value is -0.610. The third-order valence-electron chi connectivity index (χ3n) is 3.32. The molecular weight excluding hydrogens is 192 g/mol. The first-order valence-electron chi connectivity index (χ1n) is 5.63. The Morgan fingerprint density at radius 1 is 1.67 bits per heavy atom. The first-order chi connectivity index (χ1) is 7.10. The second-order valence-electron chi connectivity index (χ2n) is 4.26. The molecular formula is C11H22N2O2. The van der Waals surface area contributed by atoms with E-state index in [0.29, 0.717) is 6.04 Å². The van der Waals surface area contributed by atoms with E-state index in [4.69, 9.17) is 4.74 Å². The summed E-state index contributed by atoms with van der Waals surface area (Å²) in [5, 5.41) is 3.20. The Kier molecular flexibility index (Phi) is 4.54. The summed E-state index contributed by atoms with van der Waals surface area (Å²) in [7, 11) is 3.57. The van der Waals surface area contributed by atoms with Crippen LogP contribution in [-0.2, 0) is 9.53 Å². The molecule has 1 fully saturated rings. The summed E-state index contributed by atoms with van der Waals surface area (Å²) in [5.74, 6) is 0.184. The van der Waals surface area contributed by atoms with Gasteiger partial charge in [0.25, 0.3) is 0 Å². The molecule has 0 aromatic carbocycles. The monoisotopic (exact) mass is 214 g/mol. The fraction of sp³-hybridized carbons (Fsp3) is 0.909. The molecule has 1 aliphatic rings. The molecule has 0 aromatic rings. The number of hydrogen-bond donors (Lipinski definition) is 1. The highest BCUT2D eigenvalue weighted by Gasteiger charge is 2.32. The number of nitrogens with one attached hydrogen (secondary N) is 1. The molecule has 1 heterocycles. The van der Waals surface area contributed by atoms with Gasteiger partial charge in [-0.3, -0.25) is 4.79 Å². The number of rotatable bonds is 4. The number of methoxy groups -OCH3 is 1. The van der Waals surface area contributed by atoms with Gasteiger partial charge in [-0.1, -0.05) is 6.92 Å². The van der Waals surface area contributed by atoms with Gasteiger partial charge in [-0.05, 0) is 19.8 Å². The maximum Gasteiger partial charge on any atom is 0.239 e. The van der Waals surface area contributed by atoms with Gasteiger partial charge in [0, 0.05) is 26.7 Å². The lowest BCUT2D eigenvalue weighted by Crippen LogP contribution is -2.45. The highest BCUT2D eigenvalue weighted by atomic mass is 16.5. The van der Waals surface area contributed by atoms with Gasteiger partial charge in [0.1, 0.15) is 0 Å². The summed E-state index contributed by atoms with van der Waals surface area (Å²) < 4.78 is 5.22. The number of nitrogens with zero attached hydrogens (tertiary/aromatic N) is 1. The lowest BCUT2D eigenvalue weighted by atomic mass is 10.1.